The molecular formula is C22H25ClN4OS. The molecule has 0 fully saturated rings. The van der Waals surface area contributed by atoms with Crippen molar-refractivity contribution < 1.29 is 4.79 Å². The molecule has 1 heterocycles. The minimum Gasteiger partial charge on any atom is -0.342 e. The molecule has 0 aliphatic rings. The summed E-state index contributed by atoms with van der Waals surface area (Å²) in [6.07, 6.45) is 0. The van der Waals surface area contributed by atoms with Crippen molar-refractivity contribution in [2.24, 2.45) is 13.0 Å². The molecule has 0 aliphatic heterocycles. The van der Waals surface area contributed by atoms with Crippen LogP contribution in [0.25, 0.3) is 0 Å². The minimum absolute atomic E-state index is 0.138. The zero-order chi connectivity index (χ0) is 21.0. The number of rotatable bonds is 7. The monoisotopic (exact) mass is 428 g/mol. The van der Waals surface area contributed by atoms with Crippen LogP contribution in [0.4, 0.5) is 0 Å². The Labute approximate surface area is 180 Å². The molecule has 0 unspecified atom stereocenters. The second-order valence-corrected chi connectivity index (χ2v) is 8.70. The maximum absolute atomic E-state index is 12.8. The van der Waals surface area contributed by atoms with Crippen molar-refractivity contribution >= 4 is 29.3 Å². The molecule has 1 aromatic heterocycles. The summed E-state index contributed by atoms with van der Waals surface area (Å²) < 4.78 is 1.95. The molecule has 0 spiro atoms. The van der Waals surface area contributed by atoms with Crippen LogP contribution >= 0.6 is 23.4 Å². The van der Waals surface area contributed by atoms with Crippen molar-refractivity contribution in [3.63, 3.8) is 0 Å². The molecule has 0 aliphatic carbocycles. The highest BCUT2D eigenvalue weighted by molar-refractivity contribution is 7.98. The summed E-state index contributed by atoms with van der Waals surface area (Å²) in [5.41, 5.74) is 2.93. The second kappa shape index (κ2) is 9.46. The van der Waals surface area contributed by atoms with Crippen LogP contribution in [0.1, 0.15) is 47.2 Å². The molecule has 0 saturated carbocycles. The lowest BCUT2D eigenvalue weighted by atomic mass is 10.0. The fourth-order valence-electron chi connectivity index (χ4n) is 2.95. The van der Waals surface area contributed by atoms with Crippen LogP contribution in [0, 0.1) is 12.8 Å². The topological polar surface area (TPSA) is 59.8 Å². The largest absolute Gasteiger partial charge is 0.342 e. The molecule has 0 radical (unpaired) electrons. The van der Waals surface area contributed by atoms with E-state index in [4.69, 9.17) is 11.6 Å². The number of carbonyl (C=O) groups is 1. The van der Waals surface area contributed by atoms with Crippen molar-refractivity contribution in [2.45, 2.75) is 37.7 Å². The first-order valence-electron chi connectivity index (χ1n) is 9.50. The number of nitrogens with zero attached hydrogens (tertiary/aromatic N) is 3. The Morgan fingerprint density at radius 3 is 2.48 bits per heavy atom. The summed E-state index contributed by atoms with van der Waals surface area (Å²) >= 11 is 7.80. The lowest BCUT2D eigenvalue weighted by Gasteiger charge is -2.22. The summed E-state index contributed by atoms with van der Waals surface area (Å²) in [5.74, 6) is 1.46. The van der Waals surface area contributed by atoms with Gasteiger partial charge in [0.15, 0.2) is 11.0 Å². The molecule has 1 amide bonds. The van der Waals surface area contributed by atoms with Crippen molar-refractivity contribution in [3.05, 3.63) is 76.1 Å². The summed E-state index contributed by atoms with van der Waals surface area (Å²) in [7, 11) is 1.93. The van der Waals surface area contributed by atoms with E-state index in [1.807, 2.05) is 25.5 Å². The van der Waals surface area contributed by atoms with Gasteiger partial charge in [0.05, 0.1) is 16.6 Å². The third-order valence-corrected chi connectivity index (χ3v) is 6.13. The number of hydrogen-bond donors (Lipinski definition) is 1. The van der Waals surface area contributed by atoms with Gasteiger partial charge in [-0.15, -0.1) is 10.2 Å². The van der Waals surface area contributed by atoms with E-state index in [1.165, 1.54) is 11.1 Å². The summed E-state index contributed by atoms with van der Waals surface area (Å²) in [4.78, 5) is 12.8. The number of halogens is 1. The zero-order valence-electron chi connectivity index (χ0n) is 17.0. The number of aryl methyl sites for hydroxylation is 1. The highest BCUT2D eigenvalue weighted by Gasteiger charge is 2.25. The quantitative estimate of drug-likeness (QED) is 0.525. The average Bonchev–Trinajstić information content (AvgIpc) is 3.06. The molecule has 152 valence electrons. The van der Waals surface area contributed by atoms with E-state index >= 15 is 0 Å². The maximum atomic E-state index is 12.8. The van der Waals surface area contributed by atoms with E-state index in [0.717, 1.165) is 16.7 Å². The van der Waals surface area contributed by atoms with Crippen molar-refractivity contribution in [2.75, 3.05) is 0 Å². The van der Waals surface area contributed by atoms with Crippen LogP contribution in [-0.4, -0.2) is 20.7 Å². The van der Waals surface area contributed by atoms with Crippen LogP contribution in [0.2, 0.25) is 5.02 Å². The molecule has 5 nitrogen and oxygen atoms in total. The van der Waals surface area contributed by atoms with E-state index in [0.29, 0.717) is 10.6 Å². The smallest absolute Gasteiger partial charge is 0.253 e. The molecule has 1 atom stereocenters. The lowest BCUT2D eigenvalue weighted by Crippen LogP contribution is -2.33. The molecule has 7 heteroatoms. The van der Waals surface area contributed by atoms with E-state index in [9.17, 15) is 4.79 Å². The van der Waals surface area contributed by atoms with Gasteiger partial charge in [-0.1, -0.05) is 79.2 Å². The van der Waals surface area contributed by atoms with Crippen LogP contribution < -0.4 is 5.32 Å². The molecular weight excluding hydrogens is 404 g/mol. The van der Waals surface area contributed by atoms with E-state index in [-0.39, 0.29) is 17.9 Å². The fraction of sp³-hybridized carbons (Fsp3) is 0.318. The number of aromatic nitrogens is 3. The summed E-state index contributed by atoms with van der Waals surface area (Å²) in [5, 5.41) is 13.0. The third-order valence-electron chi connectivity index (χ3n) is 4.71. The van der Waals surface area contributed by atoms with Crippen molar-refractivity contribution in [3.8, 4) is 0 Å². The molecule has 3 rings (SSSR count). The zero-order valence-corrected chi connectivity index (χ0v) is 18.6. The second-order valence-electron chi connectivity index (χ2n) is 7.35. The minimum atomic E-state index is -0.273. The lowest BCUT2D eigenvalue weighted by molar-refractivity contribution is 0.0922. The Bertz CT molecular complexity index is 985. The van der Waals surface area contributed by atoms with Gasteiger partial charge >= 0.3 is 0 Å². The Morgan fingerprint density at radius 2 is 1.83 bits per heavy atom. The highest BCUT2D eigenvalue weighted by Crippen LogP contribution is 2.27. The predicted molar refractivity (Wildman–Crippen MR) is 118 cm³/mol. The van der Waals surface area contributed by atoms with Gasteiger partial charge in [0.2, 0.25) is 0 Å². The van der Waals surface area contributed by atoms with Crippen LogP contribution in [0.15, 0.2) is 53.7 Å². The molecule has 1 N–H and O–H groups in total. The van der Waals surface area contributed by atoms with Gasteiger partial charge in [-0.05, 0) is 30.5 Å². The number of benzene rings is 2. The average molecular weight is 429 g/mol. The third kappa shape index (κ3) is 5.19. The van der Waals surface area contributed by atoms with Gasteiger partial charge in [0, 0.05) is 12.8 Å². The van der Waals surface area contributed by atoms with Crippen molar-refractivity contribution in [1.29, 1.82) is 0 Å². The van der Waals surface area contributed by atoms with Crippen LogP contribution in [-0.2, 0) is 12.8 Å². The molecule has 0 saturated heterocycles. The molecule has 29 heavy (non-hydrogen) atoms. The van der Waals surface area contributed by atoms with Crippen LogP contribution in [0.5, 0.6) is 0 Å². The first-order chi connectivity index (χ1) is 13.9. The van der Waals surface area contributed by atoms with Crippen LogP contribution in [0.3, 0.4) is 0 Å². The van der Waals surface area contributed by atoms with Gasteiger partial charge in [-0.25, -0.2) is 0 Å². The normalized spacial score (nSPS) is 12.2. The Kier molecular flexibility index (Phi) is 6.98. The summed E-state index contributed by atoms with van der Waals surface area (Å²) in [6, 6.07) is 15.2. The number of nitrogens with one attached hydrogen (secondary N) is 1. The van der Waals surface area contributed by atoms with Gasteiger partial charge in [0.25, 0.3) is 5.91 Å². The van der Waals surface area contributed by atoms with E-state index < -0.39 is 0 Å². The predicted octanol–water partition coefficient (Wildman–Crippen LogP) is 5.20. The number of carbonyl (C=O) groups excluding carboxylic acids is 1. The molecule has 0 bridgehead atoms. The molecule has 3 aromatic rings. The Hall–Kier alpha value is -2.31. The molecule has 2 aromatic carbocycles. The number of hydrogen-bond acceptors (Lipinski definition) is 4. The first kappa shape index (κ1) is 21.4. The SMILES string of the molecule is Cc1ccc(CSc2nnc([C@@H](NC(=O)c3ccccc3Cl)C(C)C)n2C)cc1. The Morgan fingerprint density at radius 1 is 1.14 bits per heavy atom. The Balaban J connectivity index is 1.75. The van der Waals surface area contributed by atoms with Gasteiger partial charge < -0.3 is 9.88 Å². The van der Waals surface area contributed by atoms with Crippen molar-refractivity contribution in [1.82, 2.24) is 20.1 Å². The maximum Gasteiger partial charge on any atom is 0.253 e. The van der Waals surface area contributed by atoms with Gasteiger partial charge in [-0.3, -0.25) is 4.79 Å². The van der Waals surface area contributed by atoms with E-state index in [2.05, 4.69) is 46.7 Å². The van der Waals surface area contributed by atoms with Gasteiger partial charge in [0.1, 0.15) is 0 Å². The number of thioether (sulfide) groups is 1. The highest BCUT2D eigenvalue weighted by atomic mass is 35.5. The van der Waals surface area contributed by atoms with E-state index in [1.54, 1.807) is 36.0 Å². The van der Waals surface area contributed by atoms with Gasteiger partial charge in [-0.2, -0.15) is 0 Å². The summed E-state index contributed by atoms with van der Waals surface area (Å²) in [6.45, 7) is 6.17. The standard InChI is InChI=1S/C22H25ClN4OS/c1-14(2)19(24-21(28)17-7-5-6-8-18(17)23)20-25-26-22(27(20)4)29-13-16-11-9-15(3)10-12-16/h5-12,14,19H,13H2,1-4H3,(H,24,28)/t19-/m0/s1. The first-order valence-corrected chi connectivity index (χ1v) is 10.9. The number of amides is 1. The fourth-order valence-corrected chi connectivity index (χ4v) is 4.04.